The smallest absolute Gasteiger partial charge is 0.254 e. The average Bonchev–Trinajstić information content (AvgIpc) is 3.35. The number of aryl methyl sites for hydroxylation is 1. The number of benzene rings is 2. The Kier molecular flexibility index (Phi) is 3.99. The highest BCUT2D eigenvalue weighted by atomic mass is 15.3. The number of nitrogens with zero attached hydrogens (tertiary/aromatic N) is 5. The quantitative estimate of drug-likeness (QED) is 0.501. The number of nitrogens with one attached hydrogen (secondary N) is 1. The predicted octanol–water partition coefficient (Wildman–Crippen LogP) is 4.47. The molecule has 0 aliphatic heterocycles. The van der Waals surface area contributed by atoms with E-state index >= 15 is 0 Å². The van der Waals surface area contributed by atoms with Gasteiger partial charge in [0.25, 0.3) is 5.95 Å². The number of hydrogen-bond donors (Lipinski definition) is 1. The van der Waals surface area contributed by atoms with Gasteiger partial charge in [-0.25, -0.2) is 4.52 Å². The summed E-state index contributed by atoms with van der Waals surface area (Å²) < 4.78 is 3.82. The zero-order valence-electron chi connectivity index (χ0n) is 15.9. The Morgan fingerprint density at radius 3 is 2.66 bits per heavy atom. The Labute approximate surface area is 167 Å². The third-order valence-electron chi connectivity index (χ3n) is 5.03. The molecule has 0 bridgehead atoms. The van der Waals surface area contributed by atoms with E-state index < -0.39 is 0 Å². The van der Waals surface area contributed by atoms with Crippen LogP contribution in [0.2, 0.25) is 0 Å². The molecule has 0 fully saturated rings. The molecule has 0 radical (unpaired) electrons. The van der Waals surface area contributed by atoms with Crippen LogP contribution in [0.15, 0.2) is 72.9 Å². The van der Waals surface area contributed by atoms with Crippen molar-refractivity contribution >= 4 is 22.2 Å². The highest BCUT2D eigenvalue weighted by Crippen LogP contribution is 2.26. The lowest BCUT2D eigenvalue weighted by Crippen LogP contribution is -2.11. The monoisotopic (exact) mass is 378 g/mol. The topological polar surface area (TPSA) is 70.9 Å². The Bertz CT molecular complexity index is 1370. The molecule has 29 heavy (non-hydrogen) atoms. The van der Waals surface area contributed by atoms with E-state index in [-0.39, 0.29) is 0 Å². The van der Waals surface area contributed by atoms with E-state index in [0.717, 1.165) is 27.9 Å². The molecule has 0 atom stereocenters. The minimum absolute atomic E-state index is 0.562. The molecule has 5 rings (SSSR count). The second kappa shape index (κ2) is 6.80. The maximum Gasteiger partial charge on any atom is 0.254 e. The largest absolute Gasteiger partial charge is 0.364 e. The maximum atomic E-state index is 9.44. The minimum atomic E-state index is 0.562. The predicted molar refractivity (Wildman–Crippen MR) is 113 cm³/mol. The van der Waals surface area contributed by atoms with E-state index in [4.69, 9.17) is 10.1 Å². The number of hydrogen-bond acceptors (Lipinski definition) is 4. The Hall–Kier alpha value is -4.11. The van der Waals surface area contributed by atoms with Crippen LogP contribution in [0.1, 0.15) is 16.8 Å². The van der Waals surface area contributed by atoms with Gasteiger partial charge in [0, 0.05) is 23.8 Å². The number of aromatic nitrogens is 4. The summed E-state index contributed by atoms with van der Waals surface area (Å²) in [5.41, 5.74) is 4.63. The van der Waals surface area contributed by atoms with Crippen molar-refractivity contribution < 1.29 is 0 Å². The molecule has 0 spiro atoms. The molecule has 0 amide bonds. The first-order chi connectivity index (χ1) is 14.2. The molecular weight excluding hydrogens is 360 g/mol. The average molecular weight is 378 g/mol. The van der Waals surface area contributed by atoms with Crippen LogP contribution in [0.3, 0.4) is 0 Å². The van der Waals surface area contributed by atoms with Gasteiger partial charge in [0.15, 0.2) is 5.82 Å². The summed E-state index contributed by atoms with van der Waals surface area (Å²) in [6.07, 6.45) is 1.91. The van der Waals surface area contributed by atoms with E-state index in [9.17, 15) is 5.26 Å². The summed E-state index contributed by atoms with van der Waals surface area (Å²) in [6.45, 7) is 2.67. The van der Waals surface area contributed by atoms with Gasteiger partial charge in [-0.1, -0.05) is 36.4 Å². The van der Waals surface area contributed by atoms with E-state index in [1.54, 1.807) is 0 Å². The zero-order chi connectivity index (χ0) is 19.8. The van der Waals surface area contributed by atoms with E-state index in [0.29, 0.717) is 18.1 Å². The van der Waals surface area contributed by atoms with Gasteiger partial charge in [-0.2, -0.15) is 10.2 Å². The fourth-order valence-corrected chi connectivity index (χ4v) is 3.66. The summed E-state index contributed by atoms with van der Waals surface area (Å²) >= 11 is 0. The van der Waals surface area contributed by atoms with E-state index in [1.807, 2.05) is 76.8 Å². The second-order valence-corrected chi connectivity index (χ2v) is 6.91. The maximum absolute atomic E-state index is 9.44. The van der Waals surface area contributed by atoms with Gasteiger partial charge < -0.3 is 5.32 Å². The molecule has 5 aromatic rings. The number of rotatable bonds is 4. The Balaban J connectivity index is 1.64. The molecule has 0 aliphatic rings. The van der Waals surface area contributed by atoms with Crippen LogP contribution < -0.4 is 5.32 Å². The molecule has 140 valence electrons. The van der Waals surface area contributed by atoms with Crippen molar-refractivity contribution in [3.63, 3.8) is 0 Å². The lowest BCUT2D eigenvalue weighted by atomic mass is 10.1. The second-order valence-electron chi connectivity index (χ2n) is 6.91. The first kappa shape index (κ1) is 17.0. The molecular formula is C23H18N6. The van der Waals surface area contributed by atoms with Gasteiger partial charge in [-0.15, -0.1) is 5.10 Å². The van der Waals surface area contributed by atoms with Crippen molar-refractivity contribution in [3.8, 4) is 12.0 Å². The molecule has 3 aromatic heterocycles. The number of anilines is 1. The van der Waals surface area contributed by atoms with Crippen LogP contribution in [-0.4, -0.2) is 19.2 Å². The van der Waals surface area contributed by atoms with Gasteiger partial charge in [-0.3, -0.25) is 4.57 Å². The third kappa shape index (κ3) is 2.89. The van der Waals surface area contributed by atoms with Crippen LogP contribution in [0, 0.1) is 18.3 Å². The van der Waals surface area contributed by atoms with Crippen molar-refractivity contribution in [3.05, 3.63) is 89.7 Å². The van der Waals surface area contributed by atoms with Crippen molar-refractivity contribution in [1.82, 2.24) is 19.2 Å². The van der Waals surface area contributed by atoms with Crippen LogP contribution in [0.5, 0.6) is 0 Å². The van der Waals surface area contributed by atoms with Crippen molar-refractivity contribution in [2.75, 3.05) is 5.32 Å². The molecule has 6 heteroatoms. The highest BCUT2D eigenvalue weighted by molar-refractivity contribution is 5.88. The van der Waals surface area contributed by atoms with E-state index in [1.165, 1.54) is 5.56 Å². The Morgan fingerprint density at radius 2 is 1.83 bits per heavy atom. The van der Waals surface area contributed by atoms with Crippen molar-refractivity contribution in [2.45, 2.75) is 13.5 Å². The van der Waals surface area contributed by atoms with Crippen molar-refractivity contribution in [1.29, 1.82) is 5.26 Å². The van der Waals surface area contributed by atoms with Gasteiger partial charge in [0.05, 0.1) is 17.1 Å². The number of fused-ring (bicyclic) bond motifs is 2. The third-order valence-corrected chi connectivity index (χ3v) is 5.03. The summed E-state index contributed by atoms with van der Waals surface area (Å²) in [5.74, 6) is 1.33. The van der Waals surface area contributed by atoms with Gasteiger partial charge >= 0.3 is 0 Å². The van der Waals surface area contributed by atoms with Crippen molar-refractivity contribution in [2.24, 2.45) is 0 Å². The van der Waals surface area contributed by atoms with Crippen LogP contribution in [0.4, 0.5) is 5.82 Å². The van der Waals surface area contributed by atoms with Gasteiger partial charge in [0.1, 0.15) is 5.52 Å². The normalized spacial score (nSPS) is 11.0. The summed E-state index contributed by atoms with van der Waals surface area (Å²) in [6, 6.07) is 24.1. The van der Waals surface area contributed by atoms with Gasteiger partial charge in [-0.05, 0) is 42.8 Å². The molecule has 0 unspecified atom stereocenters. The molecule has 0 saturated heterocycles. The Morgan fingerprint density at radius 1 is 1.00 bits per heavy atom. The van der Waals surface area contributed by atoms with Crippen LogP contribution in [-0.2, 0) is 6.54 Å². The lowest BCUT2D eigenvalue weighted by Gasteiger charge is -2.12. The molecule has 6 nitrogen and oxygen atoms in total. The fraction of sp³-hybridized carbons (Fsp3) is 0.0870. The standard InChI is InChI=1S/C23H18N6/c1-16-13-19-18(14-24)9-5-10-20(19)29(16)23-26-22(21-11-6-12-28(21)27-23)25-15-17-7-3-2-4-8-17/h2-13H,15H2,1H3,(H,25,26,27). The number of nitriles is 1. The minimum Gasteiger partial charge on any atom is -0.364 e. The van der Waals surface area contributed by atoms with Gasteiger partial charge in [0.2, 0.25) is 0 Å². The highest BCUT2D eigenvalue weighted by Gasteiger charge is 2.15. The fourth-order valence-electron chi connectivity index (χ4n) is 3.66. The first-order valence-electron chi connectivity index (χ1n) is 9.39. The first-order valence-corrected chi connectivity index (χ1v) is 9.39. The van der Waals surface area contributed by atoms with Crippen LogP contribution in [0.25, 0.3) is 22.4 Å². The lowest BCUT2D eigenvalue weighted by molar-refractivity contribution is 0.823. The SMILES string of the molecule is Cc1cc2c(C#N)cccc2n1-c1nc(NCc2ccccc2)c2cccn2n1. The van der Waals surface area contributed by atoms with Crippen LogP contribution >= 0.6 is 0 Å². The molecule has 0 saturated carbocycles. The van der Waals surface area contributed by atoms with E-state index in [2.05, 4.69) is 23.5 Å². The molecule has 1 N–H and O–H groups in total. The summed E-state index contributed by atoms with van der Waals surface area (Å²) in [7, 11) is 0. The molecule has 3 heterocycles. The zero-order valence-corrected chi connectivity index (χ0v) is 15.9. The molecule has 2 aromatic carbocycles. The summed E-state index contributed by atoms with van der Waals surface area (Å²) in [4.78, 5) is 4.83. The molecule has 0 aliphatic carbocycles. The summed E-state index contributed by atoms with van der Waals surface area (Å²) in [5, 5.41) is 18.5.